The Morgan fingerprint density at radius 1 is 1.44 bits per heavy atom. The van der Waals surface area contributed by atoms with E-state index in [1.165, 1.54) is 25.7 Å². The summed E-state index contributed by atoms with van der Waals surface area (Å²) in [6, 6.07) is 0.602. The zero-order valence-electron chi connectivity index (χ0n) is 11.8. The van der Waals surface area contributed by atoms with Crippen molar-refractivity contribution in [2.24, 2.45) is 5.41 Å². The molecule has 1 aliphatic carbocycles. The summed E-state index contributed by atoms with van der Waals surface area (Å²) in [6.07, 6.45) is 9.08. The van der Waals surface area contributed by atoms with Crippen LogP contribution < -0.4 is 5.32 Å². The number of nitrogens with one attached hydrogen (secondary N) is 1. The van der Waals surface area contributed by atoms with Crippen molar-refractivity contribution >= 4 is 5.95 Å². The SMILES string of the molecule is COCCNc1nccn1C1CCC(C)(C)CC1. The van der Waals surface area contributed by atoms with Crippen LogP contribution in [-0.2, 0) is 4.74 Å². The first-order chi connectivity index (χ1) is 8.62. The molecule has 1 aromatic heterocycles. The zero-order chi connectivity index (χ0) is 13.0. The van der Waals surface area contributed by atoms with Crippen molar-refractivity contribution in [3.8, 4) is 0 Å². The minimum atomic E-state index is 0.515. The fraction of sp³-hybridized carbons (Fsp3) is 0.786. The zero-order valence-corrected chi connectivity index (χ0v) is 11.8. The quantitative estimate of drug-likeness (QED) is 0.817. The number of methoxy groups -OCH3 is 1. The van der Waals surface area contributed by atoms with Gasteiger partial charge in [-0.25, -0.2) is 4.98 Å². The average molecular weight is 251 g/mol. The highest BCUT2D eigenvalue weighted by Gasteiger charge is 2.28. The van der Waals surface area contributed by atoms with Gasteiger partial charge in [-0.2, -0.15) is 0 Å². The summed E-state index contributed by atoms with van der Waals surface area (Å²) in [5, 5.41) is 3.34. The molecule has 1 heterocycles. The van der Waals surface area contributed by atoms with E-state index in [0.29, 0.717) is 18.1 Å². The monoisotopic (exact) mass is 251 g/mol. The van der Waals surface area contributed by atoms with Crippen LogP contribution in [-0.4, -0.2) is 29.8 Å². The molecule has 1 fully saturated rings. The Morgan fingerprint density at radius 2 is 2.17 bits per heavy atom. The number of ether oxygens (including phenoxy) is 1. The lowest BCUT2D eigenvalue weighted by atomic mass is 9.75. The fourth-order valence-electron chi connectivity index (χ4n) is 2.67. The molecule has 102 valence electrons. The predicted molar refractivity (Wildman–Crippen MR) is 73.9 cm³/mol. The maximum Gasteiger partial charge on any atom is 0.203 e. The Bertz CT molecular complexity index is 363. The van der Waals surface area contributed by atoms with Crippen molar-refractivity contribution < 1.29 is 4.74 Å². The minimum absolute atomic E-state index is 0.515. The second kappa shape index (κ2) is 5.74. The van der Waals surface area contributed by atoms with Gasteiger partial charge in [0.1, 0.15) is 0 Å². The van der Waals surface area contributed by atoms with E-state index in [2.05, 4.69) is 34.9 Å². The van der Waals surface area contributed by atoms with Crippen LogP contribution in [0.1, 0.15) is 45.6 Å². The van der Waals surface area contributed by atoms with E-state index in [4.69, 9.17) is 4.74 Å². The molecule has 2 rings (SSSR count). The molecule has 0 bridgehead atoms. The van der Waals surface area contributed by atoms with Gasteiger partial charge in [-0.3, -0.25) is 0 Å². The molecular formula is C14H25N3O. The average Bonchev–Trinajstić information content (AvgIpc) is 2.78. The first kappa shape index (κ1) is 13.4. The number of hydrogen-bond acceptors (Lipinski definition) is 3. The maximum absolute atomic E-state index is 5.05. The van der Waals surface area contributed by atoms with Crippen LogP contribution in [0.3, 0.4) is 0 Å². The van der Waals surface area contributed by atoms with Gasteiger partial charge >= 0.3 is 0 Å². The van der Waals surface area contributed by atoms with Gasteiger partial charge in [-0.05, 0) is 31.1 Å². The summed E-state index contributed by atoms with van der Waals surface area (Å²) in [6.45, 7) is 6.26. The van der Waals surface area contributed by atoms with E-state index in [1.54, 1.807) is 7.11 Å². The molecule has 1 aromatic rings. The van der Waals surface area contributed by atoms with Crippen LogP contribution in [0.5, 0.6) is 0 Å². The Balaban J connectivity index is 1.95. The molecule has 0 spiro atoms. The van der Waals surface area contributed by atoms with Gasteiger partial charge in [0.15, 0.2) is 0 Å². The highest BCUT2D eigenvalue weighted by Crippen LogP contribution is 2.40. The molecule has 0 aromatic carbocycles. The Morgan fingerprint density at radius 3 is 2.83 bits per heavy atom. The third-order valence-corrected chi connectivity index (χ3v) is 3.96. The smallest absolute Gasteiger partial charge is 0.203 e. The van der Waals surface area contributed by atoms with Crippen LogP contribution in [0.2, 0.25) is 0 Å². The summed E-state index contributed by atoms with van der Waals surface area (Å²) < 4.78 is 7.35. The van der Waals surface area contributed by atoms with Crippen LogP contribution in [0.15, 0.2) is 12.4 Å². The van der Waals surface area contributed by atoms with Gasteiger partial charge in [0.2, 0.25) is 5.95 Å². The summed E-state index contributed by atoms with van der Waals surface area (Å²) in [5.74, 6) is 0.983. The van der Waals surface area contributed by atoms with E-state index in [0.717, 1.165) is 12.5 Å². The van der Waals surface area contributed by atoms with Gasteiger partial charge in [-0.15, -0.1) is 0 Å². The van der Waals surface area contributed by atoms with Crippen molar-refractivity contribution in [3.63, 3.8) is 0 Å². The number of nitrogens with zero attached hydrogens (tertiary/aromatic N) is 2. The molecule has 0 atom stereocenters. The van der Waals surface area contributed by atoms with Crippen molar-refractivity contribution in [1.29, 1.82) is 0 Å². The highest BCUT2D eigenvalue weighted by atomic mass is 16.5. The molecule has 18 heavy (non-hydrogen) atoms. The molecular weight excluding hydrogens is 226 g/mol. The van der Waals surface area contributed by atoms with Gasteiger partial charge in [0.25, 0.3) is 0 Å². The number of aromatic nitrogens is 2. The van der Waals surface area contributed by atoms with Gasteiger partial charge in [-0.1, -0.05) is 13.8 Å². The predicted octanol–water partition coefficient (Wildman–Crippen LogP) is 3.08. The fourth-order valence-corrected chi connectivity index (χ4v) is 2.67. The summed E-state index contributed by atoms with van der Waals surface area (Å²) in [7, 11) is 1.72. The van der Waals surface area contributed by atoms with Gasteiger partial charge in [0.05, 0.1) is 6.61 Å². The van der Waals surface area contributed by atoms with E-state index in [9.17, 15) is 0 Å². The van der Waals surface area contributed by atoms with Gasteiger partial charge in [0, 0.05) is 32.1 Å². The second-order valence-electron chi connectivity index (χ2n) is 5.97. The number of imidazole rings is 1. The molecule has 0 aliphatic heterocycles. The summed E-state index contributed by atoms with van der Waals surface area (Å²) >= 11 is 0. The van der Waals surface area contributed by atoms with Gasteiger partial charge < -0.3 is 14.6 Å². The minimum Gasteiger partial charge on any atom is -0.383 e. The lowest BCUT2D eigenvalue weighted by Crippen LogP contribution is -2.24. The third-order valence-electron chi connectivity index (χ3n) is 3.96. The highest BCUT2D eigenvalue weighted by molar-refractivity contribution is 5.26. The topological polar surface area (TPSA) is 39.1 Å². The molecule has 0 saturated heterocycles. The molecule has 0 radical (unpaired) electrons. The summed E-state index contributed by atoms with van der Waals surface area (Å²) in [5.41, 5.74) is 0.515. The first-order valence-electron chi connectivity index (χ1n) is 6.88. The summed E-state index contributed by atoms with van der Waals surface area (Å²) in [4.78, 5) is 4.40. The van der Waals surface area contributed by atoms with E-state index < -0.39 is 0 Å². The molecule has 1 N–H and O–H groups in total. The van der Waals surface area contributed by atoms with Crippen LogP contribution in [0.25, 0.3) is 0 Å². The Labute approximate surface area is 110 Å². The molecule has 0 amide bonds. The second-order valence-corrected chi connectivity index (χ2v) is 5.97. The van der Waals surface area contributed by atoms with E-state index >= 15 is 0 Å². The Hall–Kier alpha value is -1.03. The van der Waals surface area contributed by atoms with Crippen LogP contribution in [0.4, 0.5) is 5.95 Å². The molecule has 0 unspecified atom stereocenters. The number of hydrogen-bond donors (Lipinski definition) is 1. The normalized spacial score (nSPS) is 19.9. The molecule has 4 heteroatoms. The first-order valence-corrected chi connectivity index (χ1v) is 6.88. The van der Waals surface area contributed by atoms with Crippen molar-refractivity contribution in [3.05, 3.63) is 12.4 Å². The number of rotatable bonds is 5. The van der Waals surface area contributed by atoms with Crippen molar-refractivity contribution in [2.75, 3.05) is 25.6 Å². The van der Waals surface area contributed by atoms with E-state index in [1.807, 2.05) is 6.20 Å². The lowest BCUT2D eigenvalue weighted by molar-refractivity contribution is 0.194. The van der Waals surface area contributed by atoms with E-state index in [-0.39, 0.29) is 0 Å². The third kappa shape index (κ3) is 3.25. The molecule has 4 nitrogen and oxygen atoms in total. The van der Waals surface area contributed by atoms with Crippen molar-refractivity contribution in [2.45, 2.75) is 45.6 Å². The largest absolute Gasteiger partial charge is 0.383 e. The Kier molecular flexibility index (Phi) is 4.27. The lowest BCUT2D eigenvalue weighted by Gasteiger charge is -2.35. The number of anilines is 1. The molecule has 1 saturated carbocycles. The molecule has 1 aliphatic rings. The van der Waals surface area contributed by atoms with Crippen molar-refractivity contribution in [1.82, 2.24) is 9.55 Å². The standard InChI is InChI=1S/C14H25N3O/c1-14(2)6-4-12(5-7-14)17-10-8-15-13(17)16-9-11-18-3/h8,10,12H,4-7,9,11H2,1-3H3,(H,15,16). The van der Waals surface area contributed by atoms with Crippen LogP contribution in [0, 0.1) is 5.41 Å². The maximum atomic E-state index is 5.05. The van der Waals surface area contributed by atoms with Crippen LogP contribution >= 0.6 is 0 Å².